The molecule has 0 spiro atoms. The van der Waals surface area contributed by atoms with Crippen LogP contribution in [0.3, 0.4) is 0 Å². The smallest absolute Gasteiger partial charge is 0.182 e. The van der Waals surface area contributed by atoms with Crippen molar-refractivity contribution in [2.75, 3.05) is 5.73 Å². The number of tetrazole rings is 1. The fraction of sp³-hybridized carbons (Fsp3) is 0.0714. The highest BCUT2D eigenvalue weighted by Crippen LogP contribution is 2.25. The number of hydrogen-bond acceptors (Lipinski definition) is 4. The third-order valence-electron chi connectivity index (χ3n) is 3.04. The van der Waals surface area contributed by atoms with E-state index in [4.69, 9.17) is 28.9 Å². The van der Waals surface area contributed by atoms with Crippen molar-refractivity contribution in [3.8, 4) is 11.4 Å². The van der Waals surface area contributed by atoms with Crippen LogP contribution in [0.15, 0.2) is 42.5 Å². The molecule has 0 amide bonds. The second kappa shape index (κ2) is 5.71. The van der Waals surface area contributed by atoms with Crippen molar-refractivity contribution in [3.63, 3.8) is 0 Å². The van der Waals surface area contributed by atoms with E-state index in [0.29, 0.717) is 28.1 Å². The molecule has 5 nitrogen and oxygen atoms in total. The van der Waals surface area contributed by atoms with E-state index in [0.717, 1.165) is 11.1 Å². The summed E-state index contributed by atoms with van der Waals surface area (Å²) in [6.45, 7) is 0.543. The van der Waals surface area contributed by atoms with Crippen molar-refractivity contribution in [2.24, 2.45) is 0 Å². The van der Waals surface area contributed by atoms with Crippen molar-refractivity contribution in [2.45, 2.75) is 6.54 Å². The summed E-state index contributed by atoms with van der Waals surface area (Å²) in [7, 11) is 0. The maximum atomic E-state index is 6.04. The minimum atomic E-state index is 0.480. The zero-order chi connectivity index (χ0) is 14.8. The molecule has 0 unspecified atom stereocenters. The van der Waals surface area contributed by atoms with E-state index in [9.17, 15) is 0 Å². The fourth-order valence-corrected chi connectivity index (χ4v) is 2.25. The third kappa shape index (κ3) is 2.99. The topological polar surface area (TPSA) is 69.6 Å². The first-order chi connectivity index (χ1) is 10.1. The van der Waals surface area contributed by atoms with Gasteiger partial charge in [-0.15, -0.1) is 5.10 Å². The van der Waals surface area contributed by atoms with Crippen LogP contribution in [0.1, 0.15) is 5.56 Å². The number of nitrogen functional groups attached to an aromatic ring is 1. The second-order valence-electron chi connectivity index (χ2n) is 4.52. The summed E-state index contributed by atoms with van der Waals surface area (Å²) in [5.74, 6) is 0.631. The molecule has 0 fully saturated rings. The Morgan fingerprint density at radius 3 is 2.52 bits per heavy atom. The Balaban J connectivity index is 1.93. The summed E-state index contributed by atoms with van der Waals surface area (Å²) in [5.41, 5.74) is 8.10. The first kappa shape index (κ1) is 13.9. The largest absolute Gasteiger partial charge is 0.398 e. The van der Waals surface area contributed by atoms with Gasteiger partial charge in [0.05, 0.1) is 17.3 Å². The van der Waals surface area contributed by atoms with E-state index in [-0.39, 0.29) is 0 Å². The second-order valence-corrected chi connectivity index (χ2v) is 5.37. The van der Waals surface area contributed by atoms with Gasteiger partial charge in [-0.25, -0.2) is 4.68 Å². The molecule has 0 aliphatic rings. The van der Waals surface area contributed by atoms with Crippen LogP contribution in [0.5, 0.6) is 0 Å². The van der Waals surface area contributed by atoms with Gasteiger partial charge >= 0.3 is 0 Å². The molecule has 0 aliphatic carbocycles. The van der Waals surface area contributed by atoms with Crippen molar-refractivity contribution < 1.29 is 0 Å². The van der Waals surface area contributed by atoms with Gasteiger partial charge in [-0.2, -0.15) is 0 Å². The number of rotatable bonds is 3. The van der Waals surface area contributed by atoms with Gasteiger partial charge in [-0.1, -0.05) is 35.3 Å². The quantitative estimate of drug-likeness (QED) is 0.752. The first-order valence-corrected chi connectivity index (χ1v) is 6.95. The molecule has 21 heavy (non-hydrogen) atoms. The average Bonchev–Trinajstić information content (AvgIpc) is 2.92. The SMILES string of the molecule is Nc1ccc(-c2nnnn2Cc2ccc(Cl)cc2)cc1Cl. The van der Waals surface area contributed by atoms with E-state index in [2.05, 4.69) is 15.5 Å². The molecule has 1 heterocycles. The number of hydrogen-bond donors (Lipinski definition) is 1. The molecule has 3 rings (SSSR count). The Hall–Kier alpha value is -2.11. The molecule has 0 bridgehead atoms. The van der Waals surface area contributed by atoms with Gasteiger partial charge in [0, 0.05) is 10.6 Å². The highest BCUT2D eigenvalue weighted by Gasteiger charge is 2.10. The minimum Gasteiger partial charge on any atom is -0.398 e. The molecule has 0 aliphatic heterocycles. The number of halogens is 2. The molecule has 2 aromatic carbocycles. The van der Waals surface area contributed by atoms with Crippen LogP contribution in [-0.2, 0) is 6.54 Å². The highest BCUT2D eigenvalue weighted by molar-refractivity contribution is 6.33. The molecule has 0 radical (unpaired) electrons. The van der Waals surface area contributed by atoms with Crippen molar-refractivity contribution in [1.82, 2.24) is 20.2 Å². The minimum absolute atomic E-state index is 0.480. The Labute approximate surface area is 131 Å². The maximum Gasteiger partial charge on any atom is 0.182 e. The normalized spacial score (nSPS) is 10.8. The molecule has 1 aromatic heterocycles. The average molecular weight is 320 g/mol. The number of nitrogens with two attached hydrogens (primary N) is 1. The zero-order valence-electron chi connectivity index (χ0n) is 10.9. The van der Waals surface area contributed by atoms with Crippen LogP contribution in [-0.4, -0.2) is 20.2 Å². The van der Waals surface area contributed by atoms with Gasteiger partial charge in [0.2, 0.25) is 0 Å². The first-order valence-electron chi connectivity index (χ1n) is 6.19. The summed E-state index contributed by atoms with van der Waals surface area (Å²) < 4.78 is 1.70. The van der Waals surface area contributed by atoms with Crippen molar-refractivity contribution in [1.29, 1.82) is 0 Å². The lowest BCUT2D eigenvalue weighted by molar-refractivity contribution is 0.653. The third-order valence-corrected chi connectivity index (χ3v) is 3.62. The molecule has 0 saturated carbocycles. The number of aromatic nitrogens is 4. The Morgan fingerprint density at radius 2 is 1.81 bits per heavy atom. The van der Waals surface area contributed by atoms with E-state index in [1.807, 2.05) is 30.3 Å². The number of benzene rings is 2. The summed E-state index contributed by atoms with van der Waals surface area (Å²) in [6, 6.07) is 12.9. The Morgan fingerprint density at radius 1 is 1.05 bits per heavy atom. The molecule has 0 saturated heterocycles. The summed E-state index contributed by atoms with van der Waals surface area (Å²) >= 11 is 11.9. The molecule has 7 heteroatoms. The standard InChI is InChI=1S/C14H11Cl2N5/c15-11-4-1-9(2-5-11)8-21-14(18-19-20-21)10-3-6-13(17)12(16)7-10/h1-7H,8,17H2. The van der Waals surface area contributed by atoms with E-state index >= 15 is 0 Å². The van der Waals surface area contributed by atoms with Crippen molar-refractivity contribution >= 4 is 28.9 Å². The predicted octanol–water partition coefficient (Wildman–Crippen LogP) is 3.28. The molecule has 3 aromatic rings. The van der Waals surface area contributed by atoms with E-state index in [1.54, 1.807) is 16.8 Å². The fourth-order valence-electron chi connectivity index (χ4n) is 1.95. The van der Waals surface area contributed by atoms with Gasteiger partial charge in [-0.3, -0.25) is 0 Å². The summed E-state index contributed by atoms with van der Waals surface area (Å²) in [5, 5.41) is 13.0. The highest BCUT2D eigenvalue weighted by atomic mass is 35.5. The van der Waals surface area contributed by atoms with Gasteiger partial charge in [0.15, 0.2) is 5.82 Å². The lowest BCUT2D eigenvalue weighted by Gasteiger charge is -2.06. The van der Waals surface area contributed by atoms with Crippen LogP contribution in [0.25, 0.3) is 11.4 Å². The predicted molar refractivity (Wildman–Crippen MR) is 83.2 cm³/mol. The van der Waals surface area contributed by atoms with Gasteiger partial charge < -0.3 is 5.73 Å². The Bertz CT molecular complexity index is 767. The van der Waals surface area contributed by atoms with Crippen LogP contribution < -0.4 is 5.73 Å². The van der Waals surface area contributed by atoms with Crippen LogP contribution >= 0.6 is 23.2 Å². The number of nitrogens with zero attached hydrogens (tertiary/aromatic N) is 4. The van der Waals surface area contributed by atoms with E-state index in [1.165, 1.54) is 0 Å². The monoisotopic (exact) mass is 319 g/mol. The molecular weight excluding hydrogens is 309 g/mol. The Kier molecular flexibility index (Phi) is 3.77. The summed E-state index contributed by atoms with van der Waals surface area (Å²) in [6.07, 6.45) is 0. The molecular formula is C14H11Cl2N5. The van der Waals surface area contributed by atoms with Gasteiger partial charge in [0.1, 0.15) is 0 Å². The summed E-state index contributed by atoms with van der Waals surface area (Å²) in [4.78, 5) is 0. The van der Waals surface area contributed by atoms with Gasteiger partial charge in [0.25, 0.3) is 0 Å². The van der Waals surface area contributed by atoms with Crippen LogP contribution in [0.4, 0.5) is 5.69 Å². The van der Waals surface area contributed by atoms with Crippen molar-refractivity contribution in [3.05, 3.63) is 58.1 Å². The van der Waals surface area contributed by atoms with E-state index < -0.39 is 0 Å². The molecule has 106 valence electrons. The lowest BCUT2D eigenvalue weighted by atomic mass is 10.2. The molecule has 2 N–H and O–H groups in total. The zero-order valence-corrected chi connectivity index (χ0v) is 12.4. The molecule has 0 atom stereocenters. The maximum absolute atomic E-state index is 6.04. The van der Waals surface area contributed by atoms with Crippen LogP contribution in [0, 0.1) is 0 Å². The lowest BCUT2D eigenvalue weighted by Crippen LogP contribution is -2.04. The number of anilines is 1. The van der Waals surface area contributed by atoms with Crippen LogP contribution in [0.2, 0.25) is 10.0 Å². The van der Waals surface area contributed by atoms with Gasteiger partial charge in [-0.05, 0) is 46.3 Å².